The first-order valence-corrected chi connectivity index (χ1v) is 7.16. The average molecular weight is 275 g/mol. The van der Waals surface area contributed by atoms with Gasteiger partial charge in [0.25, 0.3) is 0 Å². The van der Waals surface area contributed by atoms with Crippen molar-refractivity contribution in [3.8, 4) is 0 Å². The van der Waals surface area contributed by atoms with Crippen molar-refractivity contribution in [3.63, 3.8) is 0 Å². The van der Waals surface area contributed by atoms with Crippen LogP contribution in [0.2, 0.25) is 0 Å². The second-order valence-electron chi connectivity index (χ2n) is 4.56. The van der Waals surface area contributed by atoms with Gasteiger partial charge >= 0.3 is 6.18 Å². The topological polar surface area (TPSA) is 12.0 Å². The molecule has 1 nitrogen and oxygen atoms in total. The summed E-state index contributed by atoms with van der Waals surface area (Å²) in [5.74, 6) is 3.03. The number of alkyl halides is 3. The van der Waals surface area contributed by atoms with Crippen LogP contribution in [0.15, 0.2) is 24.3 Å². The molecule has 18 heavy (non-hydrogen) atoms. The Kier molecular flexibility index (Phi) is 4.56. The van der Waals surface area contributed by atoms with E-state index in [9.17, 15) is 13.2 Å². The van der Waals surface area contributed by atoms with Crippen molar-refractivity contribution in [2.24, 2.45) is 5.92 Å². The highest BCUT2D eigenvalue weighted by Gasteiger charge is 2.30. The molecular formula is C13H16F3NS. The lowest BCUT2D eigenvalue weighted by atomic mass is 10.1. The Morgan fingerprint density at radius 1 is 1.33 bits per heavy atom. The van der Waals surface area contributed by atoms with Gasteiger partial charge in [0.15, 0.2) is 0 Å². The van der Waals surface area contributed by atoms with Crippen LogP contribution < -0.4 is 5.32 Å². The smallest absolute Gasteiger partial charge is 0.312 e. The summed E-state index contributed by atoms with van der Waals surface area (Å²) in [6, 6.07) is 5.52. The molecule has 0 aliphatic carbocycles. The van der Waals surface area contributed by atoms with E-state index in [-0.39, 0.29) is 0 Å². The van der Waals surface area contributed by atoms with Crippen LogP contribution in [-0.4, -0.2) is 18.1 Å². The minimum Gasteiger partial charge on any atom is -0.312 e. The van der Waals surface area contributed by atoms with E-state index < -0.39 is 11.7 Å². The van der Waals surface area contributed by atoms with Gasteiger partial charge in [-0.3, -0.25) is 0 Å². The number of benzene rings is 1. The van der Waals surface area contributed by atoms with Crippen LogP contribution in [-0.2, 0) is 12.7 Å². The molecule has 1 aromatic rings. The van der Waals surface area contributed by atoms with Crippen molar-refractivity contribution >= 4 is 11.8 Å². The van der Waals surface area contributed by atoms with Gasteiger partial charge in [0.1, 0.15) is 0 Å². The van der Waals surface area contributed by atoms with Gasteiger partial charge in [-0.05, 0) is 42.0 Å². The fourth-order valence-corrected chi connectivity index (χ4v) is 3.31. The Hall–Kier alpha value is -0.680. The lowest BCUT2D eigenvalue weighted by molar-refractivity contribution is -0.137. The van der Waals surface area contributed by atoms with Crippen molar-refractivity contribution in [3.05, 3.63) is 35.4 Å². The maximum absolute atomic E-state index is 12.5. The maximum atomic E-state index is 12.5. The molecule has 1 unspecified atom stereocenters. The molecule has 1 aliphatic rings. The van der Waals surface area contributed by atoms with Crippen molar-refractivity contribution in [1.29, 1.82) is 0 Å². The summed E-state index contributed by atoms with van der Waals surface area (Å²) >= 11 is 1.95. The first-order chi connectivity index (χ1) is 8.55. The van der Waals surface area contributed by atoms with Gasteiger partial charge in [0.2, 0.25) is 0 Å². The monoisotopic (exact) mass is 275 g/mol. The Labute approximate surface area is 109 Å². The van der Waals surface area contributed by atoms with E-state index in [0.717, 1.165) is 18.4 Å². The number of halogens is 3. The Balaban J connectivity index is 1.85. The fourth-order valence-electron chi connectivity index (χ4n) is 2.02. The zero-order valence-corrected chi connectivity index (χ0v) is 10.8. The normalized spacial score (nSPS) is 20.3. The zero-order valence-electron chi connectivity index (χ0n) is 9.96. The molecule has 0 radical (unpaired) electrons. The molecule has 2 rings (SSSR count). The molecular weight excluding hydrogens is 259 g/mol. The lowest BCUT2D eigenvalue weighted by Gasteiger charge is -2.11. The van der Waals surface area contributed by atoms with E-state index in [0.29, 0.717) is 18.0 Å². The van der Waals surface area contributed by atoms with Crippen molar-refractivity contribution in [1.82, 2.24) is 5.32 Å². The molecule has 0 amide bonds. The summed E-state index contributed by atoms with van der Waals surface area (Å²) in [6.45, 7) is 1.40. The Morgan fingerprint density at radius 2 is 2.17 bits per heavy atom. The second-order valence-corrected chi connectivity index (χ2v) is 5.71. The molecule has 1 aromatic carbocycles. The molecule has 100 valence electrons. The van der Waals surface area contributed by atoms with Gasteiger partial charge in [-0.2, -0.15) is 24.9 Å². The van der Waals surface area contributed by atoms with Crippen LogP contribution in [0.3, 0.4) is 0 Å². The molecule has 1 saturated heterocycles. The van der Waals surface area contributed by atoms with E-state index in [1.54, 1.807) is 6.07 Å². The van der Waals surface area contributed by atoms with E-state index in [1.165, 1.54) is 24.3 Å². The summed E-state index contributed by atoms with van der Waals surface area (Å²) < 4.78 is 37.5. The molecule has 0 spiro atoms. The molecule has 0 aromatic heterocycles. The van der Waals surface area contributed by atoms with Crippen LogP contribution in [0.1, 0.15) is 17.5 Å². The van der Waals surface area contributed by atoms with E-state index >= 15 is 0 Å². The first-order valence-electron chi connectivity index (χ1n) is 6.00. The maximum Gasteiger partial charge on any atom is 0.416 e. The average Bonchev–Trinajstić information content (AvgIpc) is 2.81. The summed E-state index contributed by atoms with van der Waals surface area (Å²) in [7, 11) is 0. The highest BCUT2D eigenvalue weighted by Crippen LogP contribution is 2.29. The molecule has 1 heterocycles. The third-order valence-corrected chi connectivity index (χ3v) is 4.27. The summed E-state index contributed by atoms with van der Waals surface area (Å²) in [6.07, 6.45) is -3.04. The number of nitrogens with one attached hydrogen (secondary N) is 1. The SMILES string of the molecule is FC(F)(F)c1cccc(CNCC2CCSC2)c1. The Bertz CT molecular complexity index is 386. The second kappa shape index (κ2) is 5.97. The predicted octanol–water partition coefficient (Wildman–Crippen LogP) is 3.55. The minimum absolute atomic E-state index is 0.505. The molecule has 0 saturated carbocycles. The van der Waals surface area contributed by atoms with Crippen molar-refractivity contribution in [2.45, 2.75) is 19.1 Å². The lowest BCUT2D eigenvalue weighted by Crippen LogP contribution is -2.22. The van der Waals surface area contributed by atoms with Crippen LogP contribution in [0.4, 0.5) is 13.2 Å². The van der Waals surface area contributed by atoms with E-state index in [4.69, 9.17) is 0 Å². The van der Waals surface area contributed by atoms with Crippen LogP contribution >= 0.6 is 11.8 Å². The third-order valence-electron chi connectivity index (χ3n) is 3.04. The summed E-state index contributed by atoms with van der Waals surface area (Å²) in [4.78, 5) is 0. The molecule has 0 bridgehead atoms. The molecule has 5 heteroatoms. The van der Waals surface area contributed by atoms with Crippen molar-refractivity contribution < 1.29 is 13.2 Å². The largest absolute Gasteiger partial charge is 0.416 e. The fraction of sp³-hybridized carbons (Fsp3) is 0.538. The van der Waals surface area contributed by atoms with Gasteiger partial charge in [-0.15, -0.1) is 0 Å². The number of rotatable bonds is 4. The number of thioether (sulfide) groups is 1. The minimum atomic E-state index is -4.25. The van der Waals surface area contributed by atoms with Crippen LogP contribution in [0.5, 0.6) is 0 Å². The van der Waals surface area contributed by atoms with E-state index in [1.807, 2.05) is 11.8 Å². The van der Waals surface area contributed by atoms with Crippen molar-refractivity contribution in [2.75, 3.05) is 18.1 Å². The number of hydrogen-bond acceptors (Lipinski definition) is 2. The summed E-state index contributed by atoms with van der Waals surface area (Å²) in [5, 5.41) is 3.24. The van der Waals surface area contributed by atoms with E-state index in [2.05, 4.69) is 5.32 Å². The molecule has 1 N–H and O–H groups in total. The predicted molar refractivity (Wildman–Crippen MR) is 68.6 cm³/mol. The van der Waals surface area contributed by atoms with Gasteiger partial charge in [0, 0.05) is 6.54 Å². The van der Waals surface area contributed by atoms with Gasteiger partial charge in [-0.25, -0.2) is 0 Å². The first kappa shape index (κ1) is 13.7. The highest BCUT2D eigenvalue weighted by atomic mass is 32.2. The van der Waals surface area contributed by atoms with Crippen LogP contribution in [0.25, 0.3) is 0 Å². The molecule has 1 fully saturated rings. The molecule has 1 atom stereocenters. The van der Waals surface area contributed by atoms with Crippen LogP contribution in [0, 0.1) is 5.92 Å². The summed E-state index contributed by atoms with van der Waals surface area (Å²) in [5.41, 5.74) is 0.119. The Morgan fingerprint density at radius 3 is 2.83 bits per heavy atom. The van der Waals surface area contributed by atoms with Gasteiger partial charge in [0.05, 0.1) is 5.56 Å². The van der Waals surface area contributed by atoms with Gasteiger partial charge in [-0.1, -0.05) is 18.2 Å². The third kappa shape index (κ3) is 3.92. The van der Waals surface area contributed by atoms with Gasteiger partial charge < -0.3 is 5.32 Å². The quantitative estimate of drug-likeness (QED) is 0.902. The zero-order chi connectivity index (χ0) is 13.0. The molecule has 1 aliphatic heterocycles. The standard InChI is InChI=1S/C13H16F3NS/c14-13(15,16)12-3-1-2-10(6-12)7-17-8-11-4-5-18-9-11/h1-3,6,11,17H,4-5,7-9H2. The number of hydrogen-bond donors (Lipinski definition) is 1. The highest BCUT2D eigenvalue weighted by molar-refractivity contribution is 7.99.